The first kappa shape index (κ1) is 30.7. The van der Waals surface area contributed by atoms with Gasteiger partial charge in [0.2, 0.25) is 0 Å². The van der Waals surface area contributed by atoms with Crippen molar-refractivity contribution in [2.45, 2.75) is 30.7 Å². The molecular weight excluding hydrogens is 332 g/mol. The van der Waals surface area contributed by atoms with Gasteiger partial charge in [-0.2, -0.15) is 7.82 Å². The maximum absolute atomic E-state index is 9.12. The van der Waals surface area contributed by atoms with E-state index in [-0.39, 0.29) is 88.7 Å². The zero-order chi connectivity index (χ0) is 13.8. The van der Waals surface area contributed by atoms with Crippen molar-refractivity contribution >= 4 is 7.82 Å². The van der Waals surface area contributed by atoms with E-state index in [1.165, 1.54) is 0 Å². The topological polar surface area (TPSA) is 197 Å². The minimum atomic E-state index is -5.39. The van der Waals surface area contributed by atoms with Gasteiger partial charge < -0.3 is 49.5 Å². The van der Waals surface area contributed by atoms with Crippen LogP contribution in [0.3, 0.4) is 0 Å². The molecule has 0 aromatic heterocycles. The van der Waals surface area contributed by atoms with Crippen LogP contribution in [0.1, 0.15) is 0 Å². The van der Waals surface area contributed by atoms with Gasteiger partial charge in [0.15, 0.2) is 6.29 Å². The molecule has 0 amide bonds. The predicted molar refractivity (Wildman–Crippen MR) is 43.6 cm³/mol. The average molecular weight is 344 g/mol. The molecule has 0 aromatic carbocycles. The first-order valence-electron chi connectivity index (χ1n) is 4.29. The van der Waals surface area contributed by atoms with Crippen LogP contribution in [0, 0.1) is 0 Å². The molecule has 0 saturated carbocycles. The van der Waals surface area contributed by atoms with Crippen LogP contribution < -0.4 is 103 Å². The Morgan fingerprint density at radius 2 is 1.25 bits per heavy atom. The molecule has 1 fully saturated rings. The minimum Gasteiger partial charge on any atom is -0.822 e. The second-order valence-corrected chi connectivity index (χ2v) is 4.06. The standard InChI is InChI=1S/C6H12O6.3Na.H3O4P/c7-1-2-3(8)4(9)5(10)6(11)12-2;;;;1-5(2,3)4/h2-11H,1H2;;;;(H3,1,2,3,4)/q;3*+1;/p-3/t2-,3-,4+,5-,6-;;;;/m1..../s1. The van der Waals surface area contributed by atoms with Gasteiger partial charge in [-0.1, -0.05) is 0 Å². The van der Waals surface area contributed by atoms with Crippen LogP contribution in [0.15, 0.2) is 0 Å². The van der Waals surface area contributed by atoms with Gasteiger partial charge in [0, 0.05) is 0 Å². The maximum Gasteiger partial charge on any atom is 1.00 e. The number of aliphatic hydroxyl groups excluding tert-OH is 5. The molecule has 0 bridgehead atoms. The van der Waals surface area contributed by atoms with Gasteiger partial charge in [0.1, 0.15) is 24.4 Å². The molecule has 5 atom stereocenters. The second kappa shape index (κ2) is 14.2. The summed E-state index contributed by atoms with van der Waals surface area (Å²) >= 11 is 0. The number of hydrogen-bond donors (Lipinski definition) is 5. The van der Waals surface area contributed by atoms with Gasteiger partial charge in [-0.15, -0.1) is 0 Å². The van der Waals surface area contributed by atoms with Crippen molar-refractivity contribution in [3.63, 3.8) is 0 Å². The van der Waals surface area contributed by atoms with Gasteiger partial charge in [0.05, 0.1) is 6.61 Å². The van der Waals surface area contributed by atoms with E-state index in [1.54, 1.807) is 0 Å². The zero-order valence-electron chi connectivity index (χ0n) is 11.3. The molecule has 0 unspecified atom stereocenters. The van der Waals surface area contributed by atoms with Gasteiger partial charge in [-0.3, -0.25) is 0 Å². The molecule has 1 aliphatic heterocycles. The summed E-state index contributed by atoms with van der Waals surface area (Å²) in [5.41, 5.74) is 0. The van der Waals surface area contributed by atoms with Crippen LogP contribution in [0.2, 0.25) is 0 Å². The van der Waals surface area contributed by atoms with E-state index in [1.807, 2.05) is 0 Å². The third-order valence-electron chi connectivity index (χ3n) is 1.87. The fourth-order valence-corrected chi connectivity index (χ4v) is 1.08. The number of ether oxygens (including phenoxy) is 1. The average Bonchev–Trinajstić information content (AvgIpc) is 2.18. The third-order valence-corrected chi connectivity index (χ3v) is 1.87. The molecule has 0 spiro atoms. The van der Waals surface area contributed by atoms with E-state index in [2.05, 4.69) is 4.74 Å². The Kier molecular flexibility index (Phi) is 21.9. The molecule has 1 rings (SSSR count). The van der Waals surface area contributed by atoms with Crippen molar-refractivity contribution < 1.29 is 138 Å². The van der Waals surface area contributed by atoms with Crippen LogP contribution in [-0.4, -0.2) is 62.8 Å². The Bertz CT molecular complexity index is 265. The van der Waals surface area contributed by atoms with Crippen LogP contribution in [0.25, 0.3) is 0 Å². The molecule has 5 N–H and O–H groups in total. The van der Waals surface area contributed by atoms with Crippen LogP contribution in [-0.2, 0) is 9.30 Å². The summed E-state index contributed by atoms with van der Waals surface area (Å²) in [5, 5.41) is 44.7. The van der Waals surface area contributed by atoms with E-state index in [9.17, 15) is 0 Å². The van der Waals surface area contributed by atoms with Gasteiger partial charge in [-0.05, 0) is 0 Å². The first-order chi connectivity index (χ1) is 7.57. The van der Waals surface area contributed by atoms with E-state index < -0.39 is 45.1 Å². The van der Waals surface area contributed by atoms with Crippen molar-refractivity contribution in [3.05, 3.63) is 0 Å². The Labute approximate surface area is 181 Å². The molecule has 1 saturated heterocycles. The quantitative estimate of drug-likeness (QED) is 0.225. The number of phosphoric acid groups is 1. The van der Waals surface area contributed by atoms with Gasteiger partial charge in [0.25, 0.3) is 0 Å². The van der Waals surface area contributed by atoms with E-state index in [0.717, 1.165) is 0 Å². The number of rotatable bonds is 1. The van der Waals surface area contributed by atoms with Gasteiger partial charge >= 0.3 is 88.7 Å². The summed E-state index contributed by atoms with van der Waals surface area (Å²) in [7, 11) is -5.39. The normalized spacial score (nSPS) is 32.5. The van der Waals surface area contributed by atoms with E-state index in [4.69, 9.17) is 44.8 Å². The third kappa shape index (κ3) is 13.3. The van der Waals surface area contributed by atoms with Gasteiger partial charge in [-0.25, -0.2) is 0 Å². The molecule has 104 valence electrons. The molecule has 1 aliphatic rings. The predicted octanol–water partition coefficient (Wildman–Crippen LogP) is -15.0. The summed E-state index contributed by atoms with van der Waals surface area (Å²) in [6.45, 7) is -0.526. The Morgan fingerprint density at radius 3 is 1.55 bits per heavy atom. The summed E-state index contributed by atoms with van der Waals surface area (Å²) in [6.07, 6.45) is -7.04. The fraction of sp³-hybridized carbons (Fsp3) is 1.00. The summed E-state index contributed by atoms with van der Waals surface area (Å²) in [5.74, 6) is 0. The van der Waals surface area contributed by atoms with Crippen molar-refractivity contribution in [2.24, 2.45) is 0 Å². The summed E-state index contributed by atoms with van der Waals surface area (Å²) in [6, 6.07) is 0. The molecular formula is C6H12Na3O10P. The number of aliphatic hydroxyl groups is 5. The summed E-state index contributed by atoms with van der Waals surface area (Å²) < 4.78 is 13.1. The molecule has 1 heterocycles. The second-order valence-electron chi connectivity index (χ2n) is 3.17. The monoisotopic (exact) mass is 344 g/mol. The number of hydrogen-bond acceptors (Lipinski definition) is 10. The maximum atomic E-state index is 9.12. The van der Waals surface area contributed by atoms with Crippen LogP contribution in [0.5, 0.6) is 0 Å². The minimum absolute atomic E-state index is 0. The molecule has 10 nitrogen and oxygen atoms in total. The Morgan fingerprint density at radius 1 is 0.900 bits per heavy atom. The fourth-order valence-electron chi connectivity index (χ4n) is 1.08. The zero-order valence-corrected chi connectivity index (χ0v) is 18.2. The van der Waals surface area contributed by atoms with Crippen molar-refractivity contribution in [1.29, 1.82) is 0 Å². The van der Waals surface area contributed by atoms with Crippen molar-refractivity contribution in [2.75, 3.05) is 6.61 Å². The summed E-state index contributed by atoms with van der Waals surface area (Å²) in [4.78, 5) is 25.6. The first-order valence-corrected chi connectivity index (χ1v) is 5.75. The smallest absolute Gasteiger partial charge is 0.822 e. The van der Waals surface area contributed by atoms with Crippen LogP contribution >= 0.6 is 7.82 Å². The van der Waals surface area contributed by atoms with E-state index >= 15 is 0 Å². The van der Waals surface area contributed by atoms with Crippen LogP contribution in [0.4, 0.5) is 0 Å². The molecule has 0 aromatic rings. The Balaban J connectivity index is -0.000000141. The largest absolute Gasteiger partial charge is 1.00 e. The Hall–Kier alpha value is 2.87. The molecule has 14 heteroatoms. The van der Waals surface area contributed by atoms with Crippen molar-refractivity contribution in [1.82, 2.24) is 0 Å². The SMILES string of the molecule is O=P([O-])([O-])[O-].OC[C@H]1O[C@@H](O)[C@H](O)[C@@H](O)[C@@H]1O.[Na+].[Na+].[Na+]. The van der Waals surface area contributed by atoms with Crippen molar-refractivity contribution in [3.8, 4) is 0 Å². The van der Waals surface area contributed by atoms with E-state index in [0.29, 0.717) is 0 Å². The molecule has 0 aliphatic carbocycles. The molecule has 0 radical (unpaired) electrons. The molecule has 20 heavy (non-hydrogen) atoms.